The third kappa shape index (κ3) is 6.80. The standard InChI is InChI=1S/C13H27N3S2.HI/c1-12(2,17-6)9-15-11(14-5)16-7-8-18-13(3,4)10-16;/h7-10H2,1-6H3,(H,14,15);1H. The molecule has 0 bridgehead atoms. The molecule has 0 aromatic rings. The Morgan fingerprint density at radius 2 is 2.11 bits per heavy atom. The Morgan fingerprint density at radius 3 is 2.58 bits per heavy atom. The number of hydrogen-bond acceptors (Lipinski definition) is 3. The van der Waals surface area contributed by atoms with Gasteiger partial charge in [-0.15, -0.1) is 24.0 Å². The normalized spacial score (nSPS) is 19.9. The van der Waals surface area contributed by atoms with E-state index in [4.69, 9.17) is 0 Å². The SMILES string of the molecule is CN=C(NCC(C)(C)SC)N1CCSC(C)(C)C1.I. The van der Waals surface area contributed by atoms with E-state index in [1.54, 1.807) is 0 Å². The second kappa shape index (κ2) is 8.22. The van der Waals surface area contributed by atoms with Gasteiger partial charge in [-0.25, -0.2) is 0 Å². The number of guanidine groups is 1. The maximum Gasteiger partial charge on any atom is 0.193 e. The topological polar surface area (TPSA) is 27.6 Å². The number of rotatable bonds is 3. The molecule has 114 valence electrons. The number of hydrogen-bond donors (Lipinski definition) is 1. The Hall–Kier alpha value is 0.700. The minimum absolute atomic E-state index is 0. The molecule has 1 fully saturated rings. The summed E-state index contributed by atoms with van der Waals surface area (Å²) in [5.74, 6) is 2.23. The van der Waals surface area contributed by atoms with E-state index < -0.39 is 0 Å². The Kier molecular flexibility index (Phi) is 8.52. The van der Waals surface area contributed by atoms with Gasteiger partial charge in [-0.05, 0) is 34.0 Å². The van der Waals surface area contributed by atoms with Crippen molar-refractivity contribution in [2.45, 2.75) is 37.2 Å². The number of nitrogens with one attached hydrogen (secondary N) is 1. The van der Waals surface area contributed by atoms with Crippen LogP contribution in [0.3, 0.4) is 0 Å². The first kappa shape index (κ1) is 19.7. The van der Waals surface area contributed by atoms with Crippen molar-refractivity contribution >= 4 is 53.5 Å². The molecule has 1 N–H and O–H groups in total. The molecule has 1 heterocycles. The van der Waals surface area contributed by atoms with Crippen molar-refractivity contribution in [1.29, 1.82) is 0 Å². The summed E-state index contributed by atoms with van der Waals surface area (Å²) in [5, 5.41) is 3.51. The maximum absolute atomic E-state index is 4.43. The van der Waals surface area contributed by atoms with Crippen molar-refractivity contribution in [1.82, 2.24) is 10.2 Å². The summed E-state index contributed by atoms with van der Waals surface area (Å²) in [6, 6.07) is 0. The Labute approximate surface area is 144 Å². The van der Waals surface area contributed by atoms with Crippen molar-refractivity contribution in [2.24, 2.45) is 4.99 Å². The monoisotopic (exact) mass is 417 g/mol. The number of thioether (sulfide) groups is 2. The molecule has 0 unspecified atom stereocenters. The van der Waals surface area contributed by atoms with E-state index >= 15 is 0 Å². The highest BCUT2D eigenvalue weighted by molar-refractivity contribution is 14.0. The molecule has 6 heteroatoms. The van der Waals surface area contributed by atoms with Gasteiger partial charge in [0.2, 0.25) is 0 Å². The largest absolute Gasteiger partial charge is 0.355 e. The lowest BCUT2D eigenvalue weighted by Gasteiger charge is -2.39. The van der Waals surface area contributed by atoms with Crippen LogP contribution >= 0.6 is 47.5 Å². The maximum atomic E-state index is 4.43. The molecule has 0 aromatic heterocycles. The highest BCUT2D eigenvalue weighted by Gasteiger charge is 2.29. The molecule has 0 aromatic carbocycles. The first-order chi connectivity index (χ1) is 8.29. The molecular weight excluding hydrogens is 389 g/mol. The fourth-order valence-corrected chi connectivity index (χ4v) is 3.22. The van der Waals surface area contributed by atoms with Gasteiger partial charge in [0.25, 0.3) is 0 Å². The van der Waals surface area contributed by atoms with Gasteiger partial charge in [0.1, 0.15) is 0 Å². The van der Waals surface area contributed by atoms with Crippen molar-refractivity contribution in [3.05, 3.63) is 0 Å². The predicted molar refractivity (Wildman–Crippen MR) is 102 cm³/mol. The van der Waals surface area contributed by atoms with Crippen LogP contribution in [0.4, 0.5) is 0 Å². The lowest BCUT2D eigenvalue weighted by Crippen LogP contribution is -2.52. The number of nitrogens with zero attached hydrogens (tertiary/aromatic N) is 2. The van der Waals surface area contributed by atoms with Crippen molar-refractivity contribution in [3.8, 4) is 0 Å². The predicted octanol–water partition coefficient (Wildman–Crippen LogP) is 3.15. The third-order valence-electron chi connectivity index (χ3n) is 3.16. The molecular formula is C13H28IN3S2. The van der Waals surface area contributed by atoms with E-state index in [0.717, 1.165) is 25.6 Å². The highest BCUT2D eigenvalue weighted by Crippen LogP contribution is 2.29. The van der Waals surface area contributed by atoms with E-state index in [-0.39, 0.29) is 28.7 Å². The highest BCUT2D eigenvalue weighted by atomic mass is 127. The zero-order valence-corrected chi connectivity index (χ0v) is 16.9. The molecule has 0 amide bonds. The second-order valence-electron chi connectivity index (χ2n) is 5.89. The zero-order valence-electron chi connectivity index (χ0n) is 12.9. The minimum atomic E-state index is 0. The fourth-order valence-electron chi connectivity index (χ4n) is 1.89. The Balaban J connectivity index is 0.00000324. The molecule has 1 aliphatic heterocycles. The van der Waals surface area contributed by atoms with E-state index in [9.17, 15) is 0 Å². The fraction of sp³-hybridized carbons (Fsp3) is 0.923. The summed E-state index contributed by atoms with van der Waals surface area (Å²) in [6.45, 7) is 12.2. The van der Waals surface area contributed by atoms with Crippen LogP contribution in [0.15, 0.2) is 4.99 Å². The van der Waals surface area contributed by atoms with Gasteiger partial charge in [-0.1, -0.05) is 0 Å². The van der Waals surface area contributed by atoms with Crippen LogP contribution in [0.2, 0.25) is 0 Å². The van der Waals surface area contributed by atoms with Gasteiger partial charge in [-0.3, -0.25) is 4.99 Å². The molecule has 3 nitrogen and oxygen atoms in total. The minimum Gasteiger partial charge on any atom is -0.355 e. The van der Waals surface area contributed by atoms with Gasteiger partial charge < -0.3 is 10.2 Å². The Bertz CT molecular complexity index is 306. The summed E-state index contributed by atoms with van der Waals surface area (Å²) >= 11 is 3.94. The van der Waals surface area contributed by atoms with E-state index in [2.05, 4.69) is 60.9 Å². The van der Waals surface area contributed by atoms with Gasteiger partial charge in [0, 0.05) is 41.9 Å². The molecule has 0 spiro atoms. The van der Waals surface area contributed by atoms with Crippen molar-refractivity contribution in [2.75, 3.05) is 38.7 Å². The summed E-state index contributed by atoms with van der Waals surface area (Å²) < 4.78 is 0.570. The smallest absolute Gasteiger partial charge is 0.193 e. The molecule has 1 saturated heterocycles. The second-order valence-corrected chi connectivity index (χ2v) is 9.21. The Morgan fingerprint density at radius 1 is 1.47 bits per heavy atom. The number of aliphatic imine (C=N–C) groups is 1. The van der Waals surface area contributed by atoms with Gasteiger partial charge in [-0.2, -0.15) is 23.5 Å². The van der Waals surface area contributed by atoms with Crippen LogP contribution < -0.4 is 5.32 Å². The summed E-state index contributed by atoms with van der Waals surface area (Å²) in [6.07, 6.45) is 2.16. The molecule has 0 atom stereocenters. The van der Waals surface area contributed by atoms with E-state index in [0.29, 0.717) is 4.75 Å². The zero-order chi connectivity index (χ0) is 13.8. The lowest BCUT2D eigenvalue weighted by atomic mass is 10.2. The third-order valence-corrected chi connectivity index (χ3v) is 5.71. The van der Waals surface area contributed by atoms with Crippen molar-refractivity contribution < 1.29 is 0 Å². The molecule has 1 aliphatic rings. The molecule has 0 aliphatic carbocycles. The first-order valence-corrected chi connectivity index (χ1v) is 8.65. The number of halogens is 1. The average Bonchev–Trinajstić information content (AvgIpc) is 2.28. The van der Waals surface area contributed by atoms with Gasteiger partial charge >= 0.3 is 0 Å². The van der Waals surface area contributed by atoms with Gasteiger partial charge in [0.15, 0.2) is 5.96 Å². The van der Waals surface area contributed by atoms with Crippen LogP contribution in [-0.2, 0) is 0 Å². The quantitative estimate of drug-likeness (QED) is 0.434. The van der Waals surface area contributed by atoms with Crippen LogP contribution in [0.1, 0.15) is 27.7 Å². The molecule has 19 heavy (non-hydrogen) atoms. The van der Waals surface area contributed by atoms with Gasteiger partial charge in [0.05, 0.1) is 0 Å². The molecule has 0 saturated carbocycles. The average molecular weight is 417 g/mol. The van der Waals surface area contributed by atoms with Crippen LogP contribution in [-0.4, -0.2) is 59.0 Å². The summed E-state index contributed by atoms with van der Waals surface area (Å²) in [7, 11) is 1.88. The summed E-state index contributed by atoms with van der Waals surface area (Å²) in [4.78, 5) is 6.81. The molecule has 1 rings (SSSR count). The summed E-state index contributed by atoms with van der Waals surface area (Å²) in [5.41, 5.74) is 0. The lowest BCUT2D eigenvalue weighted by molar-refractivity contribution is 0.374. The first-order valence-electron chi connectivity index (χ1n) is 6.44. The molecule has 0 radical (unpaired) electrons. The van der Waals surface area contributed by atoms with Crippen LogP contribution in [0, 0.1) is 0 Å². The van der Waals surface area contributed by atoms with E-state index in [1.165, 1.54) is 5.75 Å². The van der Waals surface area contributed by atoms with Crippen LogP contribution in [0.5, 0.6) is 0 Å². The van der Waals surface area contributed by atoms with Crippen LogP contribution in [0.25, 0.3) is 0 Å². The van der Waals surface area contributed by atoms with E-state index in [1.807, 2.05) is 18.8 Å². The van der Waals surface area contributed by atoms with Crippen molar-refractivity contribution in [3.63, 3.8) is 0 Å².